The van der Waals surface area contributed by atoms with E-state index >= 15 is 0 Å². The van der Waals surface area contributed by atoms with Crippen LogP contribution in [0.5, 0.6) is 0 Å². The summed E-state index contributed by atoms with van der Waals surface area (Å²) in [6.07, 6.45) is 0. The van der Waals surface area contributed by atoms with Gasteiger partial charge in [0.05, 0.1) is 26.9 Å². The fourth-order valence-electron chi connectivity index (χ4n) is 3.29. The molecule has 0 bridgehead atoms. The number of nitrogens with zero attached hydrogens (tertiary/aromatic N) is 2. The summed E-state index contributed by atoms with van der Waals surface area (Å²) in [7, 11) is 3.41. The van der Waals surface area contributed by atoms with Crippen LogP contribution in [0.4, 0.5) is 5.69 Å². The minimum Gasteiger partial charge on any atom is -0.463 e. The lowest BCUT2D eigenvalue weighted by Gasteiger charge is -2.31. The van der Waals surface area contributed by atoms with Crippen LogP contribution in [0.25, 0.3) is 0 Å². The Morgan fingerprint density at radius 3 is 2.69 bits per heavy atom. The van der Waals surface area contributed by atoms with Gasteiger partial charge in [0.1, 0.15) is 5.76 Å². The van der Waals surface area contributed by atoms with Gasteiger partial charge in [-0.15, -0.1) is 0 Å². The highest BCUT2D eigenvalue weighted by Crippen LogP contribution is 2.24. The van der Waals surface area contributed by atoms with Crippen molar-refractivity contribution in [3.8, 4) is 0 Å². The van der Waals surface area contributed by atoms with Gasteiger partial charge >= 0.3 is 5.97 Å². The van der Waals surface area contributed by atoms with E-state index in [1.54, 1.807) is 0 Å². The molecule has 0 spiro atoms. The summed E-state index contributed by atoms with van der Waals surface area (Å²) >= 11 is 0. The van der Waals surface area contributed by atoms with Crippen molar-refractivity contribution in [3.05, 3.63) is 53.0 Å². The number of methoxy groups -OCH3 is 1. The van der Waals surface area contributed by atoms with E-state index in [1.165, 1.54) is 18.4 Å². The molecule has 0 N–H and O–H groups in total. The largest absolute Gasteiger partial charge is 0.463 e. The van der Waals surface area contributed by atoms with Gasteiger partial charge in [-0.2, -0.15) is 0 Å². The molecule has 1 fully saturated rings. The van der Waals surface area contributed by atoms with Gasteiger partial charge in [0, 0.05) is 30.9 Å². The Hall–Kier alpha value is -2.31. The highest BCUT2D eigenvalue weighted by atomic mass is 16.5. The molecule has 26 heavy (non-hydrogen) atoms. The fourth-order valence-corrected chi connectivity index (χ4v) is 3.29. The van der Waals surface area contributed by atoms with Gasteiger partial charge < -0.3 is 18.8 Å². The van der Waals surface area contributed by atoms with Crippen LogP contribution in [0.3, 0.4) is 0 Å². The number of hydrogen-bond donors (Lipinski definition) is 0. The highest BCUT2D eigenvalue weighted by molar-refractivity contribution is 5.87. The zero-order valence-corrected chi connectivity index (χ0v) is 15.7. The maximum Gasteiger partial charge on any atom is 0.374 e. The second kappa shape index (κ2) is 8.38. The molecule has 1 aromatic heterocycles. The number of ether oxygens (including phenoxy) is 2. The molecular formula is C20H26N2O4. The van der Waals surface area contributed by atoms with E-state index < -0.39 is 5.97 Å². The summed E-state index contributed by atoms with van der Waals surface area (Å²) in [4.78, 5) is 16.3. The topological polar surface area (TPSA) is 55.2 Å². The normalized spacial score (nSPS) is 14.7. The van der Waals surface area contributed by atoms with E-state index in [-0.39, 0.29) is 5.76 Å². The van der Waals surface area contributed by atoms with Gasteiger partial charge in [0.25, 0.3) is 0 Å². The zero-order chi connectivity index (χ0) is 18.5. The van der Waals surface area contributed by atoms with Crippen molar-refractivity contribution in [1.29, 1.82) is 0 Å². The minimum atomic E-state index is -0.436. The standard InChI is InChI=1S/C20H26N2O4/c1-15-12-17(26-19(15)20(23)24-3)14-21(2)13-16-6-4-5-7-18(16)22-8-10-25-11-9-22/h4-7,12H,8-11,13-14H2,1-3H3. The summed E-state index contributed by atoms with van der Waals surface area (Å²) in [5.74, 6) is 0.605. The number of esters is 1. The minimum absolute atomic E-state index is 0.282. The molecule has 0 aliphatic carbocycles. The lowest BCUT2D eigenvalue weighted by molar-refractivity contribution is 0.0560. The quantitative estimate of drug-likeness (QED) is 0.740. The van der Waals surface area contributed by atoms with Gasteiger partial charge in [-0.3, -0.25) is 4.90 Å². The van der Waals surface area contributed by atoms with Crippen molar-refractivity contribution in [2.75, 3.05) is 45.4 Å². The lowest BCUT2D eigenvalue weighted by atomic mass is 10.1. The Bertz CT molecular complexity index is 750. The van der Waals surface area contributed by atoms with E-state index in [1.807, 2.05) is 20.0 Å². The molecule has 1 aliphatic rings. The molecule has 0 saturated carbocycles. The third-order valence-corrected chi connectivity index (χ3v) is 4.55. The third kappa shape index (κ3) is 4.26. The lowest BCUT2D eigenvalue weighted by Crippen LogP contribution is -2.37. The van der Waals surface area contributed by atoms with Crippen LogP contribution in [0, 0.1) is 6.92 Å². The van der Waals surface area contributed by atoms with Crippen LogP contribution in [0.15, 0.2) is 34.7 Å². The molecule has 0 atom stereocenters. The van der Waals surface area contributed by atoms with Crippen LogP contribution in [0.2, 0.25) is 0 Å². The van der Waals surface area contributed by atoms with E-state index in [4.69, 9.17) is 13.9 Å². The van der Waals surface area contributed by atoms with Crippen LogP contribution in [-0.4, -0.2) is 51.3 Å². The summed E-state index contributed by atoms with van der Waals surface area (Å²) in [6.45, 7) is 6.64. The maximum absolute atomic E-state index is 11.7. The smallest absolute Gasteiger partial charge is 0.374 e. The molecule has 140 valence electrons. The van der Waals surface area contributed by atoms with Gasteiger partial charge in [-0.1, -0.05) is 18.2 Å². The summed E-state index contributed by atoms with van der Waals surface area (Å²) in [6, 6.07) is 10.4. The average Bonchev–Trinajstić information content (AvgIpc) is 3.02. The van der Waals surface area contributed by atoms with Crippen molar-refractivity contribution in [3.63, 3.8) is 0 Å². The number of carbonyl (C=O) groups excluding carboxylic acids is 1. The molecular weight excluding hydrogens is 332 g/mol. The molecule has 1 saturated heterocycles. The molecule has 0 radical (unpaired) electrons. The molecule has 2 heterocycles. The van der Waals surface area contributed by atoms with Crippen LogP contribution in [0.1, 0.15) is 27.4 Å². The Morgan fingerprint density at radius 2 is 1.96 bits per heavy atom. The zero-order valence-electron chi connectivity index (χ0n) is 15.7. The molecule has 0 amide bonds. The van der Waals surface area contributed by atoms with Crippen LogP contribution >= 0.6 is 0 Å². The number of benzene rings is 1. The van der Waals surface area contributed by atoms with E-state index in [0.29, 0.717) is 6.54 Å². The molecule has 2 aromatic rings. The fraction of sp³-hybridized carbons (Fsp3) is 0.450. The third-order valence-electron chi connectivity index (χ3n) is 4.55. The van der Waals surface area contributed by atoms with Crippen LogP contribution in [-0.2, 0) is 22.6 Å². The van der Waals surface area contributed by atoms with Crippen molar-refractivity contribution >= 4 is 11.7 Å². The first-order chi connectivity index (χ1) is 12.6. The van der Waals surface area contributed by atoms with Crippen LogP contribution < -0.4 is 4.90 Å². The second-order valence-electron chi connectivity index (χ2n) is 6.62. The average molecular weight is 358 g/mol. The van der Waals surface area contributed by atoms with Crippen molar-refractivity contribution in [2.24, 2.45) is 0 Å². The van der Waals surface area contributed by atoms with Gasteiger partial charge in [0.15, 0.2) is 0 Å². The molecule has 0 unspecified atom stereocenters. The maximum atomic E-state index is 11.7. The van der Waals surface area contributed by atoms with Crippen molar-refractivity contribution in [2.45, 2.75) is 20.0 Å². The number of furan rings is 1. The first-order valence-corrected chi connectivity index (χ1v) is 8.85. The number of rotatable bonds is 6. The van der Waals surface area contributed by atoms with Crippen molar-refractivity contribution < 1.29 is 18.7 Å². The number of carbonyl (C=O) groups is 1. The van der Waals surface area contributed by atoms with E-state index in [0.717, 1.165) is 44.2 Å². The summed E-state index contributed by atoms with van der Waals surface area (Å²) in [5.41, 5.74) is 3.33. The molecule has 1 aliphatic heterocycles. The molecule has 3 rings (SSSR count). The van der Waals surface area contributed by atoms with E-state index in [9.17, 15) is 4.79 Å². The van der Waals surface area contributed by atoms with E-state index in [2.05, 4.69) is 34.1 Å². The number of anilines is 1. The molecule has 6 heteroatoms. The predicted octanol–water partition coefficient (Wildman–Crippen LogP) is 2.84. The number of aryl methyl sites for hydroxylation is 1. The second-order valence-corrected chi connectivity index (χ2v) is 6.62. The highest BCUT2D eigenvalue weighted by Gasteiger charge is 2.18. The number of morpholine rings is 1. The Morgan fingerprint density at radius 1 is 1.23 bits per heavy atom. The monoisotopic (exact) mass is 358 g/mol. The van der Waals surface area contributed by atoms with Gasteiger partial charge in [-0.25, -0.2) is 4.79 Å². The number of hydrogen-bond acceptors (Lipinski definition) is 6. The van der Waals surface area contributed by atoms with Crippen molar-refractivity contribution in [1.82, 2.24) is 4.90 Å². The summed E-state index contributed by atoms with van der Waals surface area (Å²) < 4.78 is 15.9. The predicted molar refractivity (Wildman–Crippen MR) is 99.4 cm³/mol. The Balaban J connectivity index is 1.69. The van der Waals surface area contributed by atoms with Gasteiger partial charge in [-0.05, 0) is 31.7 Å². The SMILES string of the molecule is COC(=O)c1oc(CN(C)Cc2ccccc2N2CCOCC2)cc1C. The molecule has 6 nitrogen and oxygen atoms in total. The number of para-hydroxylation sites is 1. The van der Waals surface area contributed by atoms with Gasteiger partial charge in [0.2, 0.25) is 5.76 Å². The Labute approximate surface area is 154 Å². The first kappa shape index (κ1) is 18.5. The first-order valence-electron chi connectivity index (χ1n) is 8.85. The molecule has 1 aromatic carbocycles. The Kier molecular flexibility index (Phi) is 5.96. The summed E-state index contributed by atoms with van der Waals surface area (Å²) in [5, 5.41) is 0.